The van der Waals surface area contributed by atoms with Gasteiger partial charge in [-0.25, -0.2) is 10.1 Å². The Morgan fingerprint density at radius 2 is 1.00 bits per heavy atom. The number of amides is 2. The Bertz CT molecular complexity index is 737. The van der Waals surface area contributed by atoms with Crippen LogP contribution < -0.4 is 21.4 Å². The van der Waals surface area contributed by atoms with Gasteiger partial charge in [0, 0.05) is 19.5 Å². The third-order valence-electron chi connectivity index (χ3n) is 8.41. The summed E-state index contributed by atoms with van der Waals surface area (Å²) in [6, 6.07) is -0.583. The topological polar surface area (TPSA) is 149 Å². The molecular weight excluding hydrogens is 568 g/mol. The van der Waals surface area contributed by atoms with Gasteiger partial charge in [-0.05, 0) is 32.1 Å². The average molecular weight is 639 g/mol. The zero-order valence-corrected chi connectivity index (χ0v) is 29.2. The summed E-state index contributed by atoms with van der Waals surface area (Å²) in [5.41, 5.74) is 1.76. The summed E-state index contributed by atoms with van der Waals surface area (Å²) in [6.45, 7) is 5.40. The Morgan fingerprint density at radius 1 is 0.600 bits per heavy atom. The molecule has 0 radical (unpaired) electrons. The molecule has 0 aromatic rings. The summed E-state index contributed by atoms with van der Waals surface area (Å²) >= 11 is 0. The van der Waals surface area contributed by atoms with E-state index >= 15 is 0 Å². The number of nitrogens with zero attached hydrogens (tertiary/aromatic N) is 1. The minimum absolute atomic E-state index is 0.0804. The van der Waals surface area contributed by atoms with Gasteiger partial charge in [-0.1, -0.05) is 154 Å². The summed E-state index contributed by atoms with van der Waals surface area (Å²) in [4.78, 5) is 35.8. The van der Waals surface area contributed by atoms with E-state index in [0.717, 1.165) is 44.9 Å². The molecule has 0 spiro atoms. The lowest BCUT2D eigenvalue weighted by Crippen LogP contribution is -2.47. The van der Waals surface area contributed by atoms with Crippen molar-refractivity contribution in [2.45, 2.75) is 193 Å². The van der Waals surface area contributed by atoms with Gasteiger partial charge < -0.3 is 16.0 Å². The summed E-state index contributed by atoms with van der Waals surface area (Å²) < 4.78 is 0. The monoisotopic (exact) mass is 639 g/mol. The number of guanidine groups is 1. The molecule has 264 valence electrons. The quantitative estimate of drug-likeness (QED) is 0.0160. The third kappa shape index (κ3) is 31.4. The van der Waals surface area contributed by atoms with Crippen molar-refractivity contribution in [3.05, 3.63) is 10.1 Å². The molecule has 2 amide bonds. The fraction of sp³-hybridized carbons (Fsp3) is 0.914. The van der Waals surface area contributed by atoms with E-state index in [1.807, 2.05) is 0 Å². The van der Waals surface area contributed by atoms with Crippen molar-refractivity contribution in [2.24, 2.45) is 0 Å². The lowest BCUT2D eigenvalue weighted by molar-refractivity contribution is -0.525. The first-order valence-electron chi connectivity index (χ1n) is 18.7. The number of carbonyl (C=O) groups is 2. The fourth-order valence-electron chi connectivity index (χ4n) is 5.60. The Kier molecular flexibility index (Phi) is 31.2. The van der Waals surface area contributed by atoms with Gasteiger partial charge in [0.2, 0.25) is 11.8 Å². The maximum atomic E-state index is 12.8. The van der Waals surface area contributed by atoms with Crippen LogP contribution in [0, 0.1) is 15.5 Å². The van der Waals surface area contributed by atoms with Crippen LogP contribution in [0.4, 0.5) is 0 Å². The number of hydrogen-bond donors (Lipinski definition) is 5. The van der Waals surface area contributed by atoms with E-state index in [1.165, 1.54) is 103 Å². The van der Waals surface area contributed by atoms with Crippen LogP contribution in [0.3, 0.4) is 0 Å². The Hall–Kier alpha value is -2.39. The van der Waals surface area contributed by atoms with Crippen molar-refractivity contribution in [2.75, 3.05) is 13.1 Å². The second kappa shape index (κ2) is 33.0. The molecule has 45 heavy (non-hydrogen) atoms. The highest BCUT2D eigenvalue weighted by Crippen LogP contribution is 2.15. The van der Waals surface area contributed by atoms with Crippen LogP contribution in [0.5, 0.6) is 0 Å². The van der Waals surface area contributed by atoms with E-state index in [2.05, 4.69) is 29.8 Å². The number of carbonyl (C=O) groups excluding carboxylic acids is 2. The lowest BCUT2D eigenvalue weighted by Gasteiger charge is -2.19. The van der Waals surface area contributed by atoms with Crippen molar-refractivity contribution in [3.63, 3.8) is 0 Å². The second-order valence-corrected chi connectivity index (χ2v) is 12.8. The predicted molar refractivity (Wildman–Crippen MR) is 187 cm³/mol. The van der Waals surface area contributed by atoms with E-state index in [9.17, 15) is 19.7 Å². The van der Waals surface area contributed by atoms with Gasteiger partial charge in [-0.2, -0.15) is 0 Å². The van der Waals surface area contributed by atoms with Crippen LogP contribution in [0.25, 0.3) is 0 Å². The first kappa shape index (κ1) is 42.6. The molecule has 0 aliphatic rings. The van der Waals surface area contributed by atoms with Gasteiger partial charge in [-0.3, -0.25) is 15.0 Å². The molecule has 0 aromatic heterocycles. The highest BCUT2D eigenvalue weighted by molar-refractivity contribution is 5.87. The van der Waals surface area contributed by atoms with E-state index in [1.54, 1.807) is 5.43 Å². The van der Waals surface area contributed by atoms with Gasteiger partial charge >= 0.3 is 0 Å². The summed E-state index contributed by atoms with van der Waals surface area (Å²) in [5, 5.41) is 25.6. The minimum atomic E-state index is -0.785. The van der Waals surface area contributed by atoms with Gasteiger partial charge in [0.25, 0.3) is 5.96 Å². The van der Waals surface area contributed by atoms with Crippen molar-refractivity contribution < 1.29 is 14.6 Å². The molecule has 0 heterocycles. The number of hydrogen-bond acceptors (Lipinski definition) is 5. The molecule has 0 fully saturated rings. The van der Waals surface area contributed by atoms with Crippen LogP contribution in [-0.4, -0.2) is 41.9 Å². The average Bonchev–Trinajstić information content (AvgIpc) is 3.00. The molecule has 0 bridgehead atoms. The molecule has 0 saturated heterocycles. The molecule has 5 N–H and O–H groups in total. The maximum absolute atomic E-state index is 12.8. The van der Waals surface area contributed by atoms with Crippen molar-refractivity contribution >= 4 is 17.8 Å². The Morgan fingerprint density at radius 3 is 1.47 bits per heavy atom. The maximum Gasteiger partial charge on any atom is 0.251 e. The van der Waals surface area contributed by atoms with Crippen molar-refractivity contribution in [3.8, 4) is 0 Å². The van der Waals surface area contributed by atoms with E-state index in [0.29, 0.717) is 38.8 Å². The van der Waals surface area contributed by atoms with Gasteiger partial charge in [0.05, 0.1) is 0 Å². The highest BCUT2D eigenvalue weighted by atomic mass is 16.7. The first-order valence-corrected chi connectivity index (χ1v) is 18.7. The number of rotatable bonds is 33. The number of nitro groups is 1. The van der Waals surface area contributed by atoms with Crippen LogP contribution in [0.1, 0.15) is 187 Å². The largest absolute Gasteiger partial charge is 0.354 e. The van der Waals surface area contributed by atoms with Crippen LogP contribution in [-0.2, 0) is 9.59 Å². The zero-order chi connectivity index (χ0) is 33.2. The van der Waals surface area contributed by atoms with Crippen LogP contribution in [0.2, 0.25) is 0 Å². The van der Waals surface area contributed by atoms with E-state index in [-0.39, 0.29) is 17.8 Å². The zero-order valence-electron chi connectivity index (χ0n) is 29.2. The molecule has 0 aromatic carbocycles. The molecule has 0 aliphatic carbocycles. The van der Waals surface area contributed by atoms with Gasteiger partial charge in [0.1, 0.15) is 6.04 Å². The normalized spacial score (nSPS) is 11.6. The molecular formula is C35H70N6O4. The fourth-order valence-corrected chi connectivity index (χ4v) is 5.60. The molecule has 0 aliphatic heterocycles. The lowest BCUT2D eigenvalue weighted by atomic mass is 10.0. The summed E-state index contributed by atoms with van der Waals surface area (Å²) in [6.07, 6.45) is 31.5. The Balaban J connectivity index is 3.95. The predicted octanol–water partition coefficient (Wildman–Crippen LogP) is 8.47. The van der Waals surface area contributed by atoms with Crippen molar-refractivity contribution in [1.29, 1.82) is 5.41 Å². The Labute approximate surface area is 275 Å². The molecule has 10 heteroatoms. The summed E-state index contributed by atoms with van der Waals surface area (Å²) in [5.74, 6) is -0.596. The molecule has 0 rings (SSSR count). The first-order chi connectivity index (χ1) is 21.9. The van der Waals surface area contributed by atoms with Gasteiger partial charge in [-0.15, -0.1) is 0 Å². The third-order valence-corrected chi connectivity index (χ3v) is 8.41. The smallest absolute Gasteiger partial charge is 0.251 e. The van der Waals surface area contributed by atoms with E-state index in [4.69, 9.17) is 5.41 Å². The standard InChI is InChI=1S/C35H70N6O4/c1-3-5-7-9-10-11-12-13-14-15-16-17-18-19-20-21-22-23-24-29-33(42)39-32(34(43)37-30-26-8-6-4-2)28-25-27-31-38-35(36)40-41(44)45/h32H,3-31H2,1-2H3,(H,37,43)(H,39,42)(H3,36,38,40)/t32-/m0/s1. The molecule has 10 nitrogen and oxygen atoms in total. The second-order valence-electron chi connectivity index (χ2n) is 12.8. The van der Waals surface area contributed by atoms with Gasteiger partial charge in [0.15, 0.2) is 5.03 Å². The van der Waals surface area contributed by atoms with Crippen molar-refractivity contribution in [1.82, 2.24) is 21.4 Å². The molecule has 1 atom stereocenters. The van der Waals surface area contributed by atoms with Crippen LogP contribution >= 0.6 is 0 Å². The summed E-state index contributed by atoms with van der Waals surface area (Å²) in [7, 11) is 0. The number of unbranched alkanes of at least 4 members (excludes halogenated alkanes) is 22. The van der Waals surface area contributed by atoms with E-state index < -0.39 is 11.1 Å². The SMILES string of the molecule is CCCCCCCCCCCCCCCCCCCCCC(=O)N[C@@H](CCCCNC(=N)N[N+](=O)[O-])C(=O)NCCCCCC. The molecule has 0 unspecified atom stereocenters. The molecule has 0 saturated carbocycles. The van der Waals surface area contributed by atoms with Crippen LogP contribution in [0.15, 0.2) is 0 Å². The number of nitrogens with one attached hydrogen (secondary N) is 5. The minimum Gasteiger partial charge on any atom is -0.354 e. The highest BCUT2D eigenvalue weighted by Gasteiger charge is 2.20. The number of hydrazine groups is 1.